The van der Waals surface area contributed by atoms with Gasteiger partial charge in [0.2, 0.25) is 12.2 Å². The molecule has 4 aromatic carbocycles. The molecule has 1 aliphatic rings. The van der Waals surface area contributed by atoms with Gasteiger partial charge in [0.15, 0.2) is 46.0 Å². The van der Waals surface area contributed by atoms with E-state index >= 15 is 0 Å². The van der Waals surface area contributed by atoms with E-state index < -0.39 is 94.8 Å². The van der Waals surface area contributed by atoms with Gasteiger partial charge in [0, 0.05) is 24.5 Å². The van der Waals surface area contributed by atoms with Crippen molar-refractivity contribution in [2.24, 2.45) is 0 Å². The number of hydrogen-bond donors (Lipinski definition) is 9. The first-order chi connectivity index (χ1) is 24.6. The van der Waals surface area contributed by atoms with Gasteiger partial charge in [-0.25, -0.2) is 14.4 Å². The summed E-state index contributed by atoms with van der Waals surface area (Å²) < 4.78 is 16.5. The normalized spacial score (nSPS) is 15.7. The fourth-order valence-electron chi connectivity index (χ4n) is 5.49. The Kier molecular flexibility index (Phi) is 12.3. The van der Waals surface area contributed by atoms with Crippen LogP contribution in [0.3, 0.4) is 0 Å². The number of carbonyl (C=O) groups is 4. The topological polar surface area (TPSA) is 278 Å². The summed E-state index contributed by atoms with van der Waals surface area (Å²) in [5, 5.41) is 89.1. The van der Waals surface area contributed by atoms with E-state index in [1.807, 2.05) is 0 Å². The number of aliphatic carboxylic acids is 2. The quantitative estimate of drug-likeness (QED) is 0.0410. The third kappa shape index (κ3) is 9.04. The minimum atomic E-state index is -1.84. The van der Waals surface area contributed by atoms with Crippen molar-refractivity contribution in [1.82, 2.24) is 0 Å². The molecule has 0 aromatic heterocycles. The van der Waals surface area contributed by atoms with Crippen LogP contribution in [0.15, 0.2) is 72.8 Å². The monoisotopic (exact) mass is 741 g/mol. The first kappa shape index (κ1) is 39.7. The van der Waals surface area contributed by atoms with Gasteiger partial charge in [0.1, 0.15) is 12.0 Å². The predicted octanol–water partition coefficient (Wildman–Crippen LogP) is 0.338. The van der Waals surface area contributed by atoms with Gasteiger partial charge in [0.25, 0.3) is 0 Å². The van der Waals surface area contributed by atoms with Crippen molar-refractivity contribution in [3.63, 3.8) is 0 Å². The maximum atomic E-state index is 13.9. The summed E-state index contributed by atoms with van der Waals surface area (Å²) in [5.74, 6) is -10.8. The molecule has 0 aliphatic carbocycles. The Morgan fingerprint density at radius 3 is 1.64 bits per heavy atom. The number of carboxylic acid groups (broad SMARTS) is 2. The zero-order chi connectivity index (χ0) is 37.9. The van der Waals surface area contributed by atoms with Crippen LogP contribution in [-0.2, 0) is 41.5 Å². The van der Waals surface area contributed by atoms with Crippen LogP contribution in [0, 0.1) is 0 Å². The van der Waals surface area contributed by atoms with Gasteiger partial charge in [-0.3, -0.25) is 4.79 Å². The largest absolute Gasteiger partial charge is 1.00 e. The molecule has 0 saturated carbocycles. The first-order valence-electron chi connectivity index (χ1n) is 15.2. The minimum Gasteiger partial charge on any atom is -0.504 e. The molecule has 0 saturated heterocycles. The molecule has 1 aliphatic heterocycles. The van der Waals surface area contributed by atoms with Crippen molar-refractivity contribution < 1.29 is 109 Å². The van der Waals surface area contributed by atoms with Crippen LogP contribution in [0.25, 0.3) is 6.08 Å². The molecule has 4 atom stereocenters. The summed E-state index contributed by atoms with van der Waals surface area (Å²) >= 11 is 0. The smallest absolute Gasteiger partial charge is 0.504 e. The minimum absolute atomic E-state index is 0. The fraction of sp³-hybridized carbons (Fsp3) is 0.167. The Labute approximate surface area is 321 Å². The SMILES string of the molecule is O=C(/C=C/c1ccc(O)c2c1[C@H](C(=O)O[C@H](Cc1ccc(O)c(O)c1)C(=O)O)[C@@H](c1ccc(O)c(O)c1)O2)O[C@H](Cc1ccc(O)c(O)c1)C(=O)O.[Na+]. The molecule has 0 radical (unpaired) electrons. The molecule has 270 valence electrons. The number of fused-ring (bicyclic) bond motifs is 1. The van der Waals surface area contributed by atoms with Crippen LogP contribution < -0.4 is 34.3 Å². The van der Waals surface area contributed by atoms with E-state index in [-0.39, 0.29) is 69.5 Å². The van der Waals surface area contributed by atoms with Gasteiger partial charge in [-0.2, -0.15) is 0 Å². The van der Waals surface area contributed by atoms with Crippen molar-refractivity contribution in [1.29, 1.82) is 0 Å². The standard InChI is InChI=1S/C36H30O16.Na/c37-20-6-1-16(11-24(20)41)13-27(34(45)46)50-29(44)10-5-18-3-9-23(40)33-30(18)31(32(52-33)19-4-8-22(39)26(43)15-19)36(49)51-28(35(47)48)14-17-2-7-21(38)25(42)12-17;/h1-12,15,27-28,31-32,37-43H,13-14H2,(H,45,46)(H,47,48);/q;+1/b10-5+;/t27-,28-,31+,32-;/m1./s1. The molecular formula is C36H30NaO16+. The third-order valence-corrected chi connectivity index (χ3v) is 8.04. The Morgan fingerprint density at radius 1 is 0.642 bits per heavy atom. The molecule has 16 nitrogen and oxygen atoms in total. The molecular weight excluding hydrogens is 711 g/mol. The van der Waals surface area contributed by atoms with Gasteiger partial charge in [-0.15, -0.1) is 0 Å². The van der Waals surface area contributed by atoms with Crippen molar-refractivity contribution in [3.05, 3.63) is 101 Å². The van der Waals surface area contributed by atoms with Crippen molar-refractivity contribution >= 4 is 30.0 Å². The summed E-state index contributed by atoms with van der Waals surface area (Å²) in [6.07, 6.45) is -3.85. The second-order valence-electron chi connectivity index (χ2n) is 11.6. The molecule has 0 amide bonds. The fourth-order valence-corrected chi connectivity index (χ4v) is 5.49. The number of aromatic hydroxyl groups is 7. The molecule has 0 bridgehead atoms. The van der Waals surface area contributed by atoms with Gasteiger partial charge in [-0.05, 0) is 70.8 Å². The van der Waals surface area contributed by atoms with Crippen LogP contribution in [0.1, 0.15) is 39.8 Å². The maximum absolute atomic E-state index is 13.9. The molecule has 1 heterocycles. The number of phenolic OH excluding ortho intramolecular Hbond substituents is 7. The van der Waals surface area contributed by atoms with Crippen LogP contribution in [0.4, 0.5) is 0 Å². The Bertz CT molecular complexity index is 2090. The first-order valence-corrected chi connectivity index (χ1v) is 15.2. The zero-order valence-corrected chi connectivity index (χ0v) is 29.6. The van der Waals surface area contributed by atoms with E-state index in [1.54, 1.807) is 0 Å². The second-order valence-corrected chi connectivity index (χ2v) is 11.6. The van der Waals surface area contributed by atoms with Crippen molar-refractivity contribution in [3.8, 4) is 46.0 Å². The molecule has 0 spiro atoms. The molecule has 53 heavy (non-hydrogen) atoms. The molecule has 17 heteroatoms. The number of carbonyl (C=O) groups excluding carboxylic acids is 2. The summed E-state index contributed by atoms with van der Waals surface area (Å²) in [7, 11) is 0. The van der Waals surface area contributed by atoms with Crippen LogP contribution >= 0.6 is 0 Å². The van der Waals surface area contributed by atoms with Gasteiger partial charge < -0.3 is 60.2 Å². The number of carboxylic acids is 2. The molecule has 0 fully saturated rings. The number of rotatable bonds is 12. The zero-order valence-electron chi connectivity index (χ0n) is 27.6. The maximum Gasteiger partial charge on any atom is 1.00 e. The number of phenols is 7. The number of ether oxygens (including phenoxy) is 3. The average Bonchev–Trinajstić information content (AvgIpc) is 3.50. The predicted molar refractivity (Wildman–Crippen MR) is 175 cm³/mol. The Hall–Kier alpha value is -6.10. The molecule has 4 aromatic rings. The van der Waals surface area contributed by atoms with Crippen LogP contribution in [0.5, 0.6) is 46.0 Å². The summed E-state index contributed by atoms with van der Waals surface area (Å²) in [4.78, 5) is 50.9. The molecule has 9 N–H and O–H groups in total. The van der Waals surface area contributed by atoms with Crippen molar-refractivity contribution in [2.45, 2.75) is 37.1 Å². The van der Waals surface area contributed by atoms with Crippen molar-refractivity contribution in [2.75, 3.05) is 0 Å². The van der Waals surface area contributed by atoms with Gasteiger partial charge in [0.05, 0.1) is 0 Å². The van der Waals surface area contributed by atoms with Gasteiger partial charge in [-0.1, -0.05) is 24.3 Å². The summed E-state index contributed by atoms with van der Waals surface area (Å²) in [5.41, 5.74) is 0.445. The third-order valence-electron chi connectivity index (χ3n) is 8.04. The average molecular weight is 742 g/mol. The number of esters is 2. The van der Waals surface area contributed by atoms with E-state index in [4.69, 9.17) is 14.2 Å². The number of hydrogen-bond acceptors (Lipinski definition) is 14. The van der Waals surface area contributed by atoms with Gasteiger partial charge >= 0.3 is 53.4 Å². The van der Waals surface area contributed by atoms with Crippen LogP contribution in [0.2, 0.25) is 0 Å². The Morgan fingerprint density at radius 2 is 1.13 bits per heavy atom. The molecule has 0 unspecified atom stereocenters. The summed E-state index contributed by atoms with van der Waals surface area (Å²) in [6.45, 7) is 0. The van der Waals surface area contributed by atoms with E-state index in [9.17, 15) is 65.1 Å². The second kappa shape index (κ2) is 16.5. The van der Waals surface area contributed by atoms with E-state index in [0.29, 0.717) is 0 Å². The van der Waals surface area contributed by atoms with E-state index in [0.717, 1.165) is 54.6 Å². The molecule has 5 rings (SSSR count). The number of benzene rings is 4. The van der Waals surface area contributed by atoms with Crippen LogP contribution in [-0.4, -0.2) is 82.0 Å². The van der Waals surface area contributed by atoms with E-state index in [2.05, 4.69) is 0 Å². The van der Waals surface area contributed by atoms with E-state index in [1.165, 1.54) is 24.3 Å². The summed E-state index contributed by atoms with van der Waals surface area (Å²) in [6, 6.07) is 13.0. The Balaban J connectivity index is 0.00000627.